The number of benzene rings is 1. The van der Waals surface area contributed by atoms with Crippen LogP contribution in [0.4, 0.5) is 0 Å². The standard InChI is InChI=1S/C22H33N5/c1-4-19(20-9-7-6-8-10-20)15-25-22(24-5-2)26-13-11-18(3)21(16-26)27-14-12-23-17-27/h6-10,12,14,17-19,21H,4-5,11,13,15-16H2,1-3H3,(H,24,25). The Kier molecular flexibility index (Phi) is 6.91. The molecule has 1 saturated heterocycles. The maximum atomic E-state index is 5.03. The third-order valence-electron chi connectivity index (χ3n) is 5.69. The number of aromatic nitrogens is 2. The normalized spacial score (nSPS) is 21.9. The summed E-state index contributed by atoms with van der Waals surface area (Å²) in [4.78, 5) is 11.7. The Bertz CT molecular complexity index is 695. The van der Waals surface area contributed by atoms with Crippen LogP contribution in [0.5, 0.6) is 0 Å². The highest BCUT2D eigenvalue weighted by molar-refractivity contribution is 5.80. The monoisotopic (exact) mass is 367 g/mol. The Morgan fingerprint density at radius 3 is 2.78 bits per heavy atom. The SMILES string of the molecule is CCNC(=NCC(CC)c1ccccc1)N1CCC(C)C(n2ccnc2)C1. The lowest BCUT2D eigenvalue weighted by Gasteiger charge is -2.39. The van der Waals surface area contributed by atoms with Crippen LogP contribution in [0.1, 0.15) is 51.1 Å². The maximum absolute atomic E-state index is 5.03. The molecule has 1 aromatic carbocycles. The molecular formula is C22H33N5. The molecule has 146 valence electrons. The number of nitrogens with zero attached hydrogens (tertiary/aromatic N) is 4. The first-order valence-electron chi connectivity index (χ1n) is 10.3. The lowest BCUT2D eigenvalue weighted by atomic mass is 9.93. The summed E-state index contributed by atoms with van der Waals surface area (Å²) >= 11 is 0. The van der Waals surface area contributed by atoms with E-state index in [1.54, 1.807) is 0 Å². The summed E-state index contributed by atoms with van der Waals surface area (Å²) in [5.41, 5.74) is 1.38. The molecule has 0 aliphatic carbocycles. The van der Waals surface area contributed by atoms with Crippen molar-refractivity contribution in [1.82, 2.24) is 19.8 Å². The minimum atomic E-state index is 0.446. The van der Waals surface area contributed by atoms with Gasteiger partial charge < -0.3 is 14.8 Å². The van der Waals surface area contributed by atoms with E-state index in [0.29, 0.717) is 17.9 Å². The number of hydrogen-bond acceptors (Lipinski definition) is 2. The van der Waals surface area contributed by atoms with E-state index < -0.39 is 0 Å². The topological polar surface area (TPSA) is 45.5 Å². The van der Waals surface area contributed by atoms with E-state index in [4.69, 9.17) is 4.99 Å². The van der Waals surface area contributed by atoms with Gasteiger partial charge in [0.15, 0.2) is 5.96 Å². The van der Waals surface area contributed by atoms with Crippen molar-refractivity contribution < 1.29 is 0 Å². The number of piperidine rings is 1. The van der Waals surface area contributed by atoms with Crippen LogP contribution >= 0.6 is 0 Å². The van der Waals surface area contributed by atoms with Crippen LogP contribution in [0.25, 0.3) is 0 Å². The lowest BCUT2D eigenvalue weighted by molar-refractivity contribution is 0.189. The van der Waals surface area contributed by atoms with E-state index in [1.165, 1.54) is 12.0 Å². The van der Waals surface area contributed by atoms with Crippen LogP contribution < -0.4 is 5.32 Å². The predicted octanol–water partition coefficient (Wildman–Crippen LogP) is 3.93. The zero-order chi connectivity index (χ0) is 19.1. The first kappa shape index (κ1) is 19.5. The van der Waals surface area contributed by atoms with E-state index in [0.717, 1.165) is 38.6 Å². The fourth-order valence-corrected chi connectivity index (χ4v) is 3.91. The average Bonchev–Trinajstić information content (AvgIpc) is 3.23. The number of likely N-dealkylation sites (tertiary alicyclic amines) is 1. The number of rotatable bonds is 6. The van der Waals surface area contributed by atoms with Crippen LogP contribution in [0.3, 0.4) is 0 Å². The van der Waals surface area contributed by atoms with E-state index in [9.17, 15) is 0 Å². The third kappa shape index (κ3) is 4.90. The second-order valence-electron chi connectivity index (χ2n) is 7.50. The molecule has 0 spiro atoms. The van der Waals surface area contributed by atoms with Gasteiger partial charge in [0.1, 0.15) is 0 Å². The Morgan fingerprint density at radius 1 is 1.30 bits per heavy atom. The van der Waals surface area contributed by atoms with Gasteiger partial charge in [-0.05, 0) is 31.2 Å². The van der Waals surface area contributed by atoms with E-state index >= 15 is 0 Å². The van der Waals surface area contributed by atoms with Gasteiger partial charge in [-0.1, -0.05) is 44.2 Å². The second-order valence-corrected chi connectivity index (χ2v) is 7.50. The fourth-order valence-electron chi connectivity index (χ4n) is 3.91. The zero-order valence-corrected chi connectivity index (χ0v) is 16.9. The molecule has 0 saturated carbocycles. The van der Waals surface area contributed by atoms with Crippen molar-refractivity contribution >= 4 is 5.96 Å². The number of nitrogens with one attached hydrogen (secondary N) is 1. The van der Waals surface area contributed by atoms with Gasteiger partial charge in [-0.25, -0.2) is 4.98 Å². The maximum Gasteiger partial charge on any atom is 0.194 e. The summed E-state index contributed by atoms with van der Waals surface area (Å²) in [5.74, 6) is 2.16. The van der Waals surface area contributed by atoms with Gasteiger partial charge in [-0.15, -0.1) is 0 Å². The number of guanidine groups is 1. The predicted molar refractivity (Wildman–Crippen MR) is 112 cm³/mol. The number of imidazole rings is 1. The average molecular weight is 368 g/mol. The third-order valence-corrected chi connectivity index (χ3v) is 5.69. The summed E-state index contributed by atoms with van der Waals surface area (Å²) in [5, 5.41) is 3.51. The zero-order valence-electron chi connectivity index (χ0n) is 16.9. The van der Waals surface area contributed by atoms with Crippen molar-refractivity contribution in [3.8, 4) is 0 Å². The summed E-state index contributed by atoms with van der Waals surface area (Å²) in [6, 6.07) is 11.2. The van der Waals surface area contributed by atoms with Crippen LogP contribution in [0.2, 0.25) is 0 Å². The van der Waals surface area contributed by atoms with Gasteiger partial charge >= 0.3 is 0 Å². The fraction of sp³-hybridized carbons (Fsp3) is 0.545. The smallest absolute Gasteiger partial charge is 0.194 e. The molecule has 0 radical (unpaired) electrons. The van der Waals surface area contributed by atoms with Crippen molar-refractivity contribution in [3.05, 3.63) is 54.6 Å². The highest BCUT2D eigenvalue weighted by Crippen LogP contribution is 2.27. The molecule has 3 rings (SSSR count). The van der Waals surface area contributed by atoms with Crippen molar-refractivity contribution in [3.63, 3.8) is 0 Å². The molecule has 3 atom stereocenters. The Balaban J connectivity index is 1.73. The van der Waals surface area contributed by atoms with Gasteiger partial charge in [0.2, 0.25) is 0 Å². The van der Waals surface area contributed by atoms with Gasteiger partial charge in [-0.2, -0.15) is 0 Å². The molecule has 3 unspecified atom stereocenters. The quantitative estimate of drug-likeness (QED) is 0.622. The minimum absolute atomic E-state index is 0.446. The number of hydrogen-bond donors (Lipinski definition) is 1. The molecule has 27 heavy (non-hydrogen) atoms. The largest absolute Gasteiger partial charge is 0.357 e. The van der Waals surface area contributed by atoms with Crippen molar-refractivity contribution in [2.24, 2.45) is 10.9 Å². The summed E-state index contributed by atoms with van der Waals surface area (Å²) in [7, 11) is 0. The molecule has 1 aliphatic heterocycles. The van der Waals surface area contributed by atoms with Gasteiger partial charge in [0.25, 0.3) is 0 Å². The van der Waals surface area contributed by atoms with E-state index in [2.05, 4.69) is 77.1 Å². The molecule has 1 aromatic heterocycles. The molecule has 2 aromatic rings. The summed E-state index contributed by atoms with van der Waals surface area (Å²) < 4.78 is 2.25. The van der Waals surface area contributed by atoms with Gasteiger partial charge in [0, 0.05) is 44.5 Å². The Morgan fingerprint density at radius 2 is 2.11 bits per heavy atom. The number of aliphatic imine (C=N–C) groups is 1. The van der Waals surface area contributed by atoms with Crippen molar-refractivity contribution in [2.75, 3.05) is 26.2 Å². The highest BCUT2D eigenvalue weighted by atomic mass is 15.3. The van der Waals surface area contributed by atoms with Crippen LogP contribution in [0.15, 0.2) is 54.0 Å². The molecule has 2 heterocycles. The molecule has 1 N–H and O–H groups in total. The molecule has 0 amide bonds. The molecule has 0 bridgehead atoms. The summed E-state index contributed by atoms with van der Waals surface area (Å²) in [6.07, 6.45) is 8.16. The summed E-state index contributed by atoms with van der Waals surface area (Å²) in [6.45, 7) is 10.5. The minimum Gasteiger partial charge on any atom is -0.357 e. The lowest BCUT2D eigenvalue weighted by Crippen LogP contribution is -2.49. The van der Waals surface area contributed by atoms with E-state index in [-0.39, 0.29) is 0 Å². The highest BCUT2D eigenvalue weighted by Gasteiger charge is 2.29. The molecule has 5 nitrogen and oxygen atoms in total. The molecular weight excluding hydrogens is 334 g/mol. The van der Waals surface area contributed by atoms with Crippen LogP contribution in [-0.2, 0) is 0 Å². The van der Waals surface area contributed by atoms with Crippen LogP contribution in [0, 0.1) is 5.92 Å². The molecule has 1 fully saturated rings. The molecule has 1 aliphatic rings. The van der Waals surface area contributed by atoms with Crippen molar-refractivity contribution in [2.45, 2.75) is 45.6 Å². The molecule has 5 heteroatoms. The Labute approximate surface area is 163 Å². The van der Waals surface area contributed by atoms with E-state index in [1.807, 2.05) is 12.5 Å². The first-order valence-corrected chi connectivity index (χ1v) is 10.3. The van der Waals surface area contributed by atoms with Crippen molar-refractivity contribution in [1.29, 1.82) is 0 Å². The van der Waals surface area contributed by atoms with Gasteiger partial charge in [0.05, 0.1) is 12.4 Å². The van der Waals surface area contributed by atoms with Gasteiger partial charge in [-0.3, -0.25) is 4.99 Å². The second kappa shape index (κ2) is 9.58. The van der Waals surface area contributed by atoms with Crippen LogP contribution in [-0.4, -0.2) is 46.6 Å². The first-order chi connectivity index (χ1) is 13.2. The Hall–Kier alpha value is -2.30.